The summed E-state index contributed by atoms with van der Waals surface area (Å²) in [4.78, 5) is 13.1. The van der Waals surface area contributed by atoms with Crippen LogP contribution < -0.4 is 5.32 Å². The average molecular weight is 390 g/mol. The molecule has 0 saturated heterocycles. The van der Waals surface area contributed by atoms with E-state index >= 15 is 0 Å². The molecule has 0 aromatic heterocycles. The van der Waals surface area contributed by atoms with Crippen molar-refractivity contribution in [1.82, 2.24) is 5.32 Å². The quantitative estimate of drug-likeness (QED) is 0.567. The van der Waals surface area contributed by atoms with Crippen molar-refractivity contribution in [1.29, 1.82) is 0 Å². The van der Waals surface area contributed by atoms with E-state index in [0.717, 1.165) is 29.7 Å². The van der Waals surface area contributed by atoms with Crippen molar-refractivity contribution in [2.24, 2.45) is 34.5 Å². The smallest absolute Gasteiger partial charge is 0.224 e. The predicted octanol–water partition coefficient (Wildman–Crippen LogP) is 6.21. The second-order valence-electron chi connectivity index (χ2n) is 11.2. The standard InChI is InChI=1S/C24H36ClNO/c1-22(2,3)26-21(27)20-9-8-18-17-7-6-15-14-16(25)10-12-23(15,4)19(17)11-13-24(18,20)5/h6,14,17-20H,7-13H2,1-5H3,(H,26,27)/t17-,18-,19-,20+,23-,24-/m0/s1. The first kappa shape index (κ1) is 19.6. The molecule has 1 amide bonds. The molecular weight excluding hydrogens is 354 g/mol. The van der Waals surface area contributed by atoms with Crippen molar-refractivity contribution >= 4 is 17.5 Å². The number of hydrogen-bond donors (Lipinski definition) is 1. The van der Waals surface area contributed by atoms with Crippen molar-refractivity contribution in [3.63, 3.8) is 0 Å². The first-order valence-corrected chi connectivity index (χ1v) is 11.3. The van der Waals surface area contributed by atoms with Gasteiger partial charge in [0.1, 0.15) is 0 Å². The Hall–Kier alpha value is -0.760. The fourth-order valence-electron chi connectivity index (χ4n) is 7.18. The van der Waals surface area contributed by atoms with Gasteiger partial charge in [-0.3, -0.25) is 4.79 Å². The van der Waals surface area contributed by atoms with Gasteiger partial charge in [-0.1, -0.05) is 31.5 Å². The second kappa shape index (κ2) is 6.37. The van der Waals surface area contributed by atoms with Gasteiger partial charge in [-0.25, -0.2) is 0 Å². The zero-order valence-electron chi connectivity index (χ0n) is 17.7. The molecule has 0 spiro atoms. The average Bonchev–Trinajstić information content (AvgIpc) is 2.91. The maximum absolute atomic E-state index is 13.1. The van der Waals surface area contributed by atoms with Crippen LogP contribution in [0.5, 0.6) is 0 Å². The van der Waals surface area contributed by atoms with Gasteiger partial charge in [-0.05, 0) is 106 Å². The Morgan fingerprint density at radius 3 is 2.59 bits per heavy atom. The first-order chi connectivity index (χ1) is 12.5. The van der Waals surface area contributed by atoms with Gasteiger partial charge in [-0.15, -0.1) is 0 Å². The molecule has 0 unspecified atom stereocenters. The lowest BCUT2D eigenvalue weighted by molar-refractivity contribution is -0.133. The molecule has 2 saturated carbocycles. The van der Waals surface area contributed by atoms with Crippen LogP contribution in [0, 0.1) is 34.5 Å². The minimum absolute atomic E-state index is 0.146. The lowest BCUT2D eigenvalue weighted by atomic mass is 9.48. The molecule has 4 aliphatic rings. The van der Waals surface area contributed by atoms with Gasteiger partial charge in [0.15, 0.2) is 0 Å². The zero-order valence-corrected chi connectivity index (χ0v) is 18.5. The van der Waals surface area contributed by atoms with Gasteiger partial charge in [0.25, 0.3) is 0 Å². The third kappa shape index (κ3) is 3.11. The van der Waals surface area contributed by atoms with E-state index in [4.69, 9.17) is 11.6 Å². The molecule has 6 atom stereocenters. The number of carbonyl (C=O) groups excluding carboxylic acids is 1. The Bertz CT molecular complexity index is 702. The van der Waals surface area contributed by atoms with Gasteiger partial charge in [0, 0.05) is 16.5 Å². The fourth-order valence-corrected chi connectivity index (χ4v) is 7.39. The largest absolute Gasteiger partial charge is 0.351 e. The van der Waals surface area contributed by atoms with E-state index in [-0.39, 0.29) is 28.2 Å². The highest BCUT2D eigenvalue weighted by atomic mass is 35.5. The Kier molecular flexibility index (Phi) is 4.61. The molecule has 0 heterocycles. The van der Waals surface area contributed by atoms with Crippen molar-refractivity contribution in [3.05, 3.63) is 22.8 Å². The maximum Gasteiger partial charge on any atom is 0.224 e. The van der Waals surface area contributed by atoms with Crippen LogP contribution in [0.4, 0.5) is 0 Å². The minimum Gasteiger partial charge on any atom is -0.351 e. The summed E-state index contributed by atoms with van der Waals surface area (Å²) in [6.45, 7) is 11.2. The summed E-state index contributed by atoms with van der Waals surface area (Å²) in [6, 6.07) is 0. The molecule has 0 aromatic rings. The molecule has 4 rings (SSSR count). The number of fused-ring (bicyclic) bond motifs is 5. The molecule has 0 radical (unpaired) electrons. The van der Waals surface area contributed by atoms with Crippen LogP contribution in [0.1, 0.15) is 79.6 Å². The normalized spacial score (nSPS) is 43.8. The van der Waals surface area contributed by atoms with Crippen molar-refractivity contribution in [2.75, 3.05) is 0 Å². The number of amides is 1. The summed E-state index contributed by atoms with van der Waals surface area (Å²) in [7, 11) is 0. The van der Waals surface area contributed by atoms with Gasteiger partial charge >= 0.3 is 0 Å². The number of carbonyl (C=O) groups is 1. The molecule has 4 aliphatic carbocycles. The van der Waals surface area contributed by atoms with E-state index < -0.39 is 0 Å². The highest BCUT2D eigenvalue weighted by molar-refractivity contribution is 6.29. The number of halogens is 1. The minimum atomic E-state index is -0.146. The molecule has 0 bridgehead atoms. The molecule has 150 valence electrons. The molecular formula is C24H36ClNO. The number of rotatable bonds is 1. The Labute approximate surface area is 170 Å². The van der Waals surface area contributed by atoms with Crippen LogP contribution in [0.15, 0.2) is 22.8 Å². The summed E-state index contributed by atoms with van der Waals surface area (Å²) in [5.41, 5.74) is 1.80. The lowest BCUT2D eigenvalue weighted by Crippen LogP contribution is -2.52. The van der Waals surface area contributed by atoms with E-state index in [0.29, 0.717) is 5.92 Å². The van der Waals surface area contributed by atoms with Crippen molar-refractivity contribution < 1.29 is 4.79 Å². The summed E-state index contributed by atoms with van der Waals surface area (Å²) in [5.74, 6) is 2.64. The summed E-state index contributed by atoms with van der Waals surface area (Å²) in [6.07, 6.45) is 12.9. The Morgan fingerprint density at radius 2 is 1.89 bits per heavy atom. The maximum atomic E-state index is 13.1. The summed E-state index contributed by atoms with van der Waals surface area (Å²) >= 11 is 6.37. The highest BCUT2D eigenvalue weighted by Gasteiger charge is 2.59. The van der Waals surface area contributed by atoms with Gasteiger partial charge in [0.2, 0.25) is 5.91 Å². The zero-order chi connectivity index (χ0) is 19.6. The monoisotopic (exact) mass is 389 g/mol. The molecule has 1 N–H and O–H groups in total. The van der Waals surface area contributed by atoms with Crippen LogP contribution in [-0.2, 0) is 4.79 Å². The Morgan fingerprint density at radius 1 is 1.15 bits per heavy atom. The predicted molar refractivity (Wildman–Crippen MR) is 112 cm³/mol. The van der Waals surface area contributed by atoms with Crippen LogP contribution in [0.2, 0.25) is 0 Å². The van der Waals surface area contributed by atoms with E-state index in [1.165, 1.54) is 37.7 Å². The van der Waals surface area contributed by atoms with Crippen molar-refractivity contribution in [3.8, 4) is 0 Å². The highest BCUT2D eigenvalue weighted by Crippen LogP contribution is 2.66. The summed E-state index contributed by atoms with van der Waals surface area (Å²) < 4.78 is 0. The molecule has 27 heavy (non-hydrogen) atoms. The fraction of sp³-hybridized carbons (Fsp3) is 0.792. The van der Waals surface area contributed by atoms with Crippen molar-refractivity contribution in [2.45, 2.75) is 85.1 Å². The third-order valence-electron chi connectivity index (χ3n) is 8.53. The van der Waals surface area contributed by atoms with Crippen LogP contribution in [0.25, 0.3) is 0 Å². The van der Waals surface area contributed by atoms with Crippen LogP contribution >= 0.6 is 11.6 Å². The van der Waals surface area contributed by atoms with E-state index in [2.05, 4.69) is 52.1 Å². The molecule has 2 fully saturated rings. The number of hydrogen-bond acceptors (Lipinski definition) is 1. The SMILES string of the molecule is CC(C)(C)NC(=O)[C@H]1CC[C@H]2[C@@H]3CC=C4C=C(Cl)CC[C@]4(C)[C@H]3CC[C@]12C. The second-order valence-corrected chi connectivity index (χ2v) is 11.7. The van der Waals surface area contributed by atoms with Gasteiger partial charge in [-0.2, -0.15) is 0 Å². The molecule has 0 aliphatic heterocycles. The van der Waals surface area contributed by atoms with Gasteiger partial charge in [0.05, 0.1) is 0 Å². The van der Waals surface area contributed by atoms with Gasteiger partial charge < -0.3 is 5.32 Å². The van der Waals surface area contributed by atoms with Crippen LogP contribution in [0.3, 0.4) is 0 Å². The molecule has 2 nitrogen and oxygen atoms in total. The molecule has 3 heteroatoms. The number of allylic oxidation sites excluding steroid dienone is 4. The topological polar surface area (TPSA) is 29.1 Å². The Balaban J connectivity index is 1.60. The summed E-state index contributed by atoms with van der Waals surface area (Å²) in [5, 5.41) is 4.30. The van der Waals surface area contributed by atoms with E-state index in [9.17, 15) is 4.79 Å². The molecule has 0 aromatic carbocycles. The van der Waals surface area contributed by atoms with Crippen LogP contribution in [-0.4, -0.2) is 11.4 Å². The number of nitrogens with one attached hydrogen (secondary N) is 1. The first-order valence-electron chi connectivity index (χ1n) is 10.9. The lowest BCUT2D eigenvalue weighted by Gasteiger charge is -2.57. The van der Waals surface area contributed by atoms with E-state index in [1.807, 2.05) is 0 Å². The van der Waals surface area contributed by atoms with E-state index in [1.54, 1.807) is 0 Å². The third-order valence-corrected chi connectivity index (χ3v) is 8.83.